The summed E-state index contributed by atoms with van der Waals surface area (Å²) in [5.74, 6) is 1.51. The van der Waals surface area contributed by atoms with E-state index in [9.17, 15) is 4.79 Å². The molecular formula is C18H27N7O2. The fourth-order valence-electron chi connectivity index (χ4n) is 3.25. The van der Waals surface area contributed by atoms with Gasteiger partial charge in [-0.05, 0) is 31.9 Å². The van der Waals surface area contributed by atoms with Gasteiger partial charge in [0, 0.05) is 46.1 Å². The first-order chi connectivity index (χ1) is 13.0. The number of carbonyl (C=O) groups is 1. The Labute approximate surface area is 159 Å². The number of rotatable bonds is 7. The zero-order chi connectivity index (χ0) is 19.3. The number of nitrogens with zero attached hydrogens (tertiary/aromatic N) is 5. The molecule has 1 aliphatic heterocycles. The standard InChI is InChI=1S/C18H27N7O2/c1-14-4-5-16(22-21-14)25-11-7-18(8-12-25,17(26)19-9-13-27-3)20-15-6-10-24(2)23-15/h4-6,10H,7-9,11-13H2,1-3H3,(H,19,26)(H,20,23). The zero-order valence-electron chi connectivity index (χ0n) is 16.1. The highest BCUT2D eigenvalue weighted by atomic mass is 16.5. The van der Waals surface area contributed by atoms with Gasteiger partial charge in [-0.3, -0.25) is 9.48 Å². The largest absolute Gasteiger partial charge is 0.383 e. The van der Waals surface area contributed by atoms with Crippen LogP contribution in [0.2, 0.25) is 0 Å². The molecule has 0 aromatic carbocycles. The van der Waals surface area contributed by atoms with E-state index >= 15 is 0 Å². The smallest absolute Gasteiger partial charge is 0.245 e. The SMILES string of the molecule is COCCNC(=O)C1(Nc2ccn(C)n2)CCN(c2ccc(C)nn2)CC1. The van der Waals surface area contributed by atoms with Crippen molar-refractivity contribution >= 4 is 17.5 Å². The molecule has 0 saturated carbocycles. The number of piperidine rings is 1. The summed E-state index contributed by atoms with van der Waals surface area (Å²) >= 11 is 0. The van der Waals surface area contributed by atoms with Gasteiger partial charge in [0.25, 0.3) is 0 Å². The Morgan fingerprint density at radius 3 is 2.63 bits per heavy atom. The van der Waals surface area contributed by atoms with Crippen LogP contribution in [-0.2, 0) is 16.6 Å². The topological polar surface area (TPSA) is 97.2 Å². The van der Waals surface area contributed by atoms with Gasteiger partial charge < -0.3 is 20.3 Å². The minimum absolute atomic E-state index is 0.0279. The third-order valence-electron chi connectivity index (χ3n) is 4.83. The molecule has 3 heterocycles. The lowest BCUT2D eigenvalue weighted by atomic mass is 9.86. The molecule has 1 aliphatic rings. The average Bonchev–Trinajstić information content (AvgIpc) is 3.07. The minimum atomic E-state index is -0.712. The van der Waals surface area contributed by atoms with E-state index in [1.54, 1.807) is 11.8 Å². The molecule has 0 atom stereocenters. The van der Waals surface area contributed by atoms with Crippen molar-refractivity contribution in [2.24, 2.45) is 7.05 Å². The molecule has 3 rings (SSSR count). The van der Waals surface area contributed by atoms with Crippen LogP contribution in [0.25, 0.3) is 0 Å². The number of methoxy groups -OCH3 is 1. The first-order valence-electron chi connectivity index (χ1n) is 9.13. The van der Waals surface area contributed by atoms with Crippen LogP contribution in [0.1, 0.15) is 18.5 Å². The van der Waals surface area contributed by atoms with Crippen LogP contribution < -0.4 is 15.5 Å². The summed E-state index contributed by atoms with van der Waals surface area (Å²) in [5, 5.41) is 19.1. The molecule has 0 radical (unpaired) electrons. The Bertz CT molecular complexity index is 751. The molecule has 146 valence electrons. The molecule has 27 heavy (non-hydrogen) atoms. The Balaban J connectivity index is 1.73. The Hall–Kier alpha value is -2.68. The number of hydrogen-bond acceptors (Lipinski definition) is 7. The number of carbonyl (C=O) groups excluding carboxylic acids is 1. The predicted molar refractivity (Wildman–Crippen MR) is 103 cm³/mol. The molecule has 9 heteroatoms. The molecule has 9 nitrogen and oxygen atoms in total. The maximum atomic E-state index is 13.0. The fourth-order valence-corrected chi connectivity index (χ4v) is 3.25. The first kappa shape index (κ1) is 19.1. The highest BCUT2D eigenvalue weighted by Gasteiger charge is 2.42. The van der Waals surface area contributed by atoms with Gasteiger partial charge in [-0.1, -0.05) is 0 Å². The second-order valence-corrected chi connectivity index (χ2v) is 6.85. The second kappa shape index (κ2) is 8.34. The van der Waals surface area contributed by atoms with Gasteiger partial charge in [0.1, 0.15) is 11.4 Å². The van der Waals surface area contributed by atoms with Crippen molar-refractivity contribution in [2.75, 3.05) is 43.6 Å². The molecule has 0 aliphatic carbocycles. The van der Waals surface area contributed by atoms with Gasteiger partial charge in [0.05, 0.1) is 12.3 Å². The predicted octanol–water partition coefficient (Wildman–Crippen LogP) is 0.732. The fraction of sp³-hybridized carbons (Fsp3) is 0.556. The summed E-state index contributed by atoms with van der Waals surface area (Å²) in [7, 11) is 3.48. The second-order valence-electron chi connectivity index (χ2n) is 6.85. The van der Waals surface area contributed by atoms with E-state index in [0.29, 0.717) is 44.9 Å². The summed E-state index contributed by atoms with van der Waals surface area (Å²) < 4.78 is 6.76. The van der Waals surface area contributed by atoms with E-state index in [1.807, 2.05) is 38.4 Å². The summed E-state index contributed by atoms with van der Waals surface area (Å²) in [6.45, 7) is 4.29. The summed E-state index contributed by atoms with van der Waals surface area (Å²) in [6, 6.07) is 5.80. The number of amides is 1. The number of anilines is 2. The molecule has 2 N–H and O–H groups in total. The van der Waals surface area contributed by atoms with Crippen molar-refractivity contribution in [3.05, 3.63) is 30.1 Å². The van der Waals surface area contributed by atoms with Gasteiger partial charge in [-0.25, -0.2) is 0 Å². The molecule has 0 bridgehead atoms. The molecule has 1 fully saturated rings. The van der Waals surface area contributed by atoms with Crippen LogP contribution in [-0.4, -0.2) is 64.8 Å². The molecule has 0 spiro atoms. The van der Waals surface area contributed by atoms with Crippen molar-refractivity contribution in [1.29, 1.82) is 0 Å². The van der Waals surface area contributed by atoms with Gasteiger partial charge in [0.2, 0.25) is 5.91 Å². The van der Waals surface area contributed by atoms with E-state index in [-0.39, 0.29) is 5.91 Å². The highest BCUT2D eigenvalue weighted by Crippen LogP contribution is 2.29. The number of ether oxygens (including phenoxy) is 1. The maximum Gasteiger partial charge on any atom is 0.245 e. The Kier molecular flexibility index (Phi) is 5.90. The molecule has 1 saturated heterocycles. The molecule has 1 amide bonds. The van der Waals surface area contributed by atoms with Gasteiger partial charge in [-0.2, -0.15) is 10.2 Å². The van der Waals surface area contributed by atoms with Crippen LogP contribution in [0.5, 0.6) is 0 Å². The number of aromatic nitrogens is 4. The van der Waals surface area contributed by atoms with Gasteiger partial charge in [-0.15, -0.1) is 5.10 Å². The van der Waals surface area contributed by atoms with Gasteiger partial charge >= 0.3 is 0 Å². The first-order valence-corrected chi connectivity index (χ1v) is 9.13. The Morgan fingerprint density at radius 2 is 2.04 bits per heavy atom. The summed E-state index contributed by atoms with van der Waals surface area (Å²) in [6.07, 6.45) is 3.13. The van der Waals surface area contributed by atoms with Crippen LogP contribution >= 0.6 is 0 Å². The van der Waals surface area contributed by atoms with Crippen molar-refractivity contribution in [2.45, 2.75) is 25.3 Å². The van der Waals surface area contributed by atoms with E-state index in [4.69, 9.17) is 4.74 Å². The number of hydrogen-bond donors (Lipinski definition) is 2. The van der Waals surface area contributed by atoms with Crippen LogP contribution in [0.4, 0.5) is 11.6 Å². The zero-order valence-corrected chi connectivity index (χ0v) is 16.1. The van der Waals surface area contributed by atoms with E-state index < -0.39 is 5.54 Å². The monoisotopic (exact) mass is 373 g/mol. The Morgan fingerprint density at radius 1 is 1.26 bits per heavy atom. The van der Waals surface area contributed by atoms with Crippen molar-refractivity contribution < 1.29 is 9.53 Å². The quantitative estimate of drug-likeness (QED) is 0.691. The van der Waals surface area contributed by atoms with Crippen molar-refractivity contribution in [3.8, 4) is 0 Å². The summed E-state index contributed by atoms with van der Waals surface area (Å²) in [5.41, 5.74) is 0.177. The lowest BCUT2D eigenvalue weighted by Gasteiger charge is -2.41. The lowest BCUT2D eigenvalue weighted by molar-refractivity contribution is -0.126. The van der Waals surface area contributed by atoms with Crippen molar-refractivity contribution in [1.82, 2.24) is 25.3 Å². The number of nitrogens with one attached hydrogen (secondary N) is 2. The molecule has 2 aromatic rings. The normalized spacial score (nSPS) is 16.2. The summed E-state index contributed by atoms with van der Waals surface area (Å²) in [4.78, 5) is 15.1. The average molecular weight is 373 g/mol. The third kappa shape index (κ3) is 4.54. The van der Waals surface area contributed by atoms with Crippen LogP contribution in [0.3, 0.4) is 0 Å². The van der Waals surface area contributed by atoms with E-state index in [1.165, 1.54) is 0 Å². The lowest BCUT2D eigenvalue weighted by Crippen LogP contribution is -2.59. The number of aryl methyl sites for hydroxylation is 2. The van der Waals surface area contributed by atoms with Crippen LogP contribution in [0.15, 0.2) is 24.4 Å². The molecule has 0 unspecified atom stereocenters. The van der Waals surface area contributed by atoms with E-state index in [2.05, 4.69) is 30.8 Å². The van der Waals surface area contributed by atoms with Gasteiger partial charge in [0.15, 0.2) is 5.82 Å². The minimum Gasteiger partial charge on any atom is -0.383 e. The van der Waals surface area contributed by atoms with Crippen molar-refractivity contribution in [3.63, 3.8) is 0 Å². The molecular weight excluding hydrogens is 346 g/mol. The van der Waals surface area contributed by atoms with Crippen LogP contribution in [0, 0.1) is 6.92 Å². The maximum absolute atomic E-state index is 13.0. The molecule has 2 aromatic heterocycles. The third-order valence-corrected chi connectivity index (χ3v) is 4.83. The highest BCUT2D eigenvalue weighted by molar-refractivity contribution is 5.89. The van der Waals surface area contributed by atoms with E-state index in [0.717, 1.165) is 11.5 Å².